The first-order valence-electron chi connectivity index (χ1n) is 7.00. The highest BCUT2D eigenvalue weighted by Gasteiger charge is 2.33. The summed E-state index contributed by atoms with van der Waals surface area (Å²) in [6.07, 6.45) is 0.0605. The molecule has 1 aromatic carbocycles. The van der Waals surface area contributed by atoms with Crippen LogP contribution in [0.5, 0.6) is 0 Å². The Hall–Kier alpha value is -1.36. The molecule has 1 aromatic rings. The van der Waals surface area contributed by atoms with Gasteiger partial charge in [0.2, 0.25) is 5.78 Å². The Morgan fingerprint density at radius 2 is 1.95 bits per heavy atom. The Balaban J connectivity index is 0.00000220. The number of hydrogen-bond donors (Lipinski definition) is 3. The van der Waals surface area contributed by atoms with Gasteiger partial charge in [-0.25, -0.2) is 0 Å². The standard InChI is InChI=1S/C16H21NO3.ClH/c1-10-8-13(16(20)14(10)18)9-17-11(2)15(19)12-6-4-3-5-7-12;/h3-7,11,13,15,17-19H,8-9H2,1-2H3;1H. The van der Waals surface area contributed by atoms with E-state index in [1.165, 1.54) is 0 Å². The second kappa shape index (κ2) is 7.59. The van der Waals surface area contributed by atoms with Gasteiger partial charge in [-0.3, -0.25) is 4.79 Å². The molecule has 1 aliphatic rings. The second-order valence-electron chi connectivity index (χ2n) is 5.58. The van der Waals surface area contributed by atoms with E-state index in [1.807, 2.05) is 42.6 Å². The Morgan fingerprint density at radius 3 is 2.48 bits per heavy atom. The molecule has 0 saturated carbocycles. The van der Waals surface area contributed by atoms with Crippen LogP contribution in [0.25, 0.3) is 0 Å². The van der Waals surface area contributed by atoms with Gasteiger partial charge >= 0.3 is 0 Å². The first-order valence-corrected chi connectivity index (χ1v) is 7.00. The lowest BCUT2D eigenvalue weighted by Crippen LogP contribution is -3.00. The van der Waals surface area contributed by atoms with Crippen molar-refractivity contribution >= 4 is 5.78 Å². The van der Waals surface area contributed by atoms with Crippen molar-refractivity contribution in [2.75, 3.05) is 6.54 Å². The molecule has 0 bridgehead atoms. The van der Waals surface area contributed by atoms with E-state index in [1.54, 1.807) is 6.92 Å². The molecule has 1 aliphatic carbocycles. The highest BCUT2D eigenvalue weighted by molar-refractivity contribution is 5.98. The fraction of sp³-hybridized carbons (Fsp3) is 0.438. The third-order valence-corrected chi connectivity index (χ3v) is 3.99. The molecule has 0 spiro atoms. The van der Waals surface area contributed by atoms with E-state index in [0.29, 0.717) is 13.0 Å². The summed E-state index contributed by atoms with van der Waals surface area (Å²) in [5, 5.41) is 21.8. The van der Waals surface area contributed by atoms with E-state index >= 15 is 0 Å². The van der Waals surface area contributed by atoms with Crippen LogP contribution in [0, 0.1) is 5.92 Å². The van der Waals surface area contributed by atoms with Crippen LogP contribution < -0.4 is 17.7 Å². The fourth-order valence-electron chi connectivity index (χ4n) is 2.61. The van der Waals surface area contributed by atoms with Crippen LogP contribution >= 0.6 is 0 Å². The van der Waals surface area contributed by atoms with E-state index in [2.05, 4.69) is 0 Å². The topological polar surface area (TPSA) is 74.1 Å². The molecule has 0 radical (unpaired) electrons. The number of ketones is 1. The molecule has 3 atom stereocenters. The Bertz CT molecular complexity index is 516. The summed E-state index contributed by atoms with van der Waals surface area (Å²) in [6, 6.07) is 9.47. The summed E-state index contributed by atoms with van der Waals surface area (Å²) in [6.45, 7) is 4.32. The molecular formula is C16H22ClNO3. The molecule has 3 unspecified atom stereocenters. The molecule has 0 heterocycles. The minimum absolute atomic E-state index is 0. The number of rotatable bonds is 5. The van der Waals surface area contributed by atoms with E-state index in [-0.39, 0.29) is 35.9 Å². The van der Waals surface area contributed by atoms with Gasteiger partial charge in [0.05, 0.1) is 12.5 Å². The van der Waals surface area contributed by atoms with Crippen LogP contribution in [0.1, 0.15) is 31.9 Å². The zero-order valence-corrected chi connectivity index (χ0v) is 13.0. The molecule has 4 N–H and O–H groups in total. The number of nitrogens with two attached hydrogens (primary N) is 1. The van der Waals surface area contributed by atoms with Crippen molar-refractivity contribution < 1.29 is 32.7 Å². The Morgan fingerprint density at radius 1 is 1.33 bits per heavy atom. The van der Waals surface area contributed by atoms with Gasteiger partial charge in [-0.15, -0.1) is 0 Å². The van der Waals surface area contributed by atoms with Crippen molar-refractivity contribution in [3.63, 3.8) is 0 Å². The number of quaternary nitrogens is 1. The second-order valence-corrected chi connectivity index (χ2v) is 5.58. The van der Waals surface area contributed by atoms with Crippen LogP contribution in [0.2, 0.25) is 0 Å². The van der Waals surface area contributed by atoms with Gasteiger partial charge in [0, 0.05) is 0 Å². The number of allylic oxidation sites excluding steroid dienone is 2. The maximum Gasteiger partial charge on any atom is 0.206 e. The molecule has 0 aromatic heterocycles. The molecule has 5 heteroatoms. The van der Waals surface area contributed by atoms with Gasteiger partial charge < -0.3 is 27.9 Å². The lowest BCUT2D eigenvalue weighted by Gasteiger charge is -2.19. The third kappa shape index (κ3) is 4.06. The number of Topliss-reactive ketones (excluding diaryl/α,β-unsaturated/α-hetero) is 1. The van der Waals surface area contributed by atoms with Crippen molar-refractivity contribution in [3.05, 3.63) is 47.2 Å². The molecular weight excluding hydrogens is 290 g/mol. The van der Waals surface area contributed by atoms with Crippen LogP contribution in [-0.4, -0.2) is 28.6 Å². The van der Waals surface area contributed by atoms with Crippen molar-refractivity contribution in [2.24, 2.45) is 5.92 Å². The van der Waals surface area contributed by atoms with Gasteiger partial charge in [-0.1, -0.05) is 30.3 Å². The van der Waals surface area contributed by atoms with Gasteiger partial charge in [-0.2, -0.15) is 0 Å². The van der Waals surface area contributed by atoms with Gasteiger partial charge in [-0.05, 0) is 31.4 Å². The zero-order chi connectivity index (χ0) is 14.7. The van der Waals surface area contributed by atoms with Crippen molar-refractivity contribution in [2.45, 2.75) is 32.4 Å². The molecule has 21 heavy (non-hydrogen) atoms. The van der Waals surface area contributed by atoms with Gasteiger partial charge in [0.25, 0.3) is 0 Å². The minimum atomic E-state index is -0.560. The molecule has 0 amide bonds. The summed E-state index contributed by atoms with van der Waals surface area (Å²) < 4.78 is 0. The third-order valence-electron chi connectivity index (χ3n) is 3.99. The van der Waals surface area contributed by atoms with E-state index in [4.69, 9.17) is 0 Å². The molecule has 0 fully saturated rings. The number of carbonyl (C=O) groups is 1. The molecule has 0 saturated heterocycles. The monoisotopic (exact) mass is 311 g/mol. The van der Waals surface area contributed by atoms with Crippen LogP contribution in [0.3, 0.4) is 0 Å². The summed E-state index contributed by atoms with van der Waals surface area (Å²) >= 11 is 0. The summed E-state index contributed by atoms with van der Waals surface area (Å²) in [7, 11) is 0. The minimum Gasteiger partial charge on any atom is -1.00 e. The number of carbonyl (C=O) groups excluding carboxylic acids is 1. The van der Waals surface area contributed by atoms with Crippen LogP contribution in [0.4, 0.5) is 0 Å². The predicted molar refractivity (Wildman–Crippen MR) is 76.1 cm³/mol. The molecule has 0 aliphatic heterocycles. The average molecular weight is 312 g/mol. The zero-order valence-electron chi connectivity index (χ0n) is 12.3. The van der Waals surface area contributed by atoms with E-state index in [9.17, 15) is 15.0 Å². The number of aliphatic hydroxyl groups is 2. The maximum atomic E-state index is 11.8. The lowest BCUT2D eigenvalue weighted by atomic mass is 10.0. The average Bonchev–Trinajstić information content (AvgIpc) is 2.72. The number of aliphatic hydroxyl groups excluding tert-OH is 2. The maximum absolute atomic E-state index is 11.8. The van der Waals surface area contributed by atoms with Crippen LogP contribution in [0.15, 0.2) is 41.7 Å². The fourth-order valence-corrected chi connectivity index (χ4v) is 2.61. The Labute approximate surface area is 131 Å². The van der Waals surface area contributed by atoms with Gasteiger partial charge in [0.15, 0.2) is 5.76 Å². The quantitative estimate of drug-likeness (QED) is 0.594. The van der Waals surface area contributed by atoms with Gasteiger partial charge in [0.1, 0.15) is 12.1 Å². The largest absolute Gasteiger partial charge is 1.00 e. The summed E-state index contributed by atoms with van der Waals surface area (Å²) in [5.41, 5.74) is 1.65. The number of benzene rings is 1. The number of hydrogen-bond acceptors (Lipinski definition) is 3. The van der Waals surface area contributed by atoms with Crippen molar-refractivity contribution in [1.82, 2.24) is 0 Å². The summed E-state index contributed by atoms with van der Waals surface area (Å²) in [5.74, 6) is -0.403. The predicted octanol–water partition coefficient (Wildman–Crippen LogP) is -1.90. The highest BCUT2D eigenvalue weighted by Crippen LogP contribution is 2.25. The van der Waals surface area contributed by atoms with E-state index < -0.39 is 6.10 Å². The normalized spacial score (nSPS) is 21.1. The Kier molecular flexibility index (Phi) is 6.40. The van der Waals surface area contributed by atoms with Crippen LogP contribution in [-0.2, 0) is 4.79 Å². The van der Waals surface area contributed by atoms with E-state index in [0.717, 1.165) is 11.1 Å². The lowest BCUT2D eigenvalue weighted by molar-refractivity contribution is -0.697. The number of halogens is 1. The highest BCUT2D eigenvalue weighted by atomic mass is 35.5. The first kappa shape index (κ1) is 17.7. The van der Waals surface area contributed by atoms with Crippen molar-refractivity contribution in [1.29, 1.82) is 0 Å². The first-order chi connectivity index (χ1) is 9.50. The summed E-state index contributed by atoms with van der Waals surface area (Å²) in [4.78, 5) is 11.8. The van der Waals surface area contributed by atoms with Crippen molar-refractivity contribution in [3.8, 4) is 0 Å². The molecule has 116 valence electrons. The SMILES string of the molecule is CC1=C(O)C(=O)C(C[NH2+]C(C)C(O)c2ccccc2)C1.[Cl-]. The molecule has 2 rings (SSSR count). The smallest absolute Gasteiger partial charge is 0.206 e. The molecule has 4 nitrogen and oxygen atoms in total.